The molecule has 0 aromatic heterocycles. The van der Waals surface area contributed by atoms with Gasteiger partial charge in [0.15, 0.2) is 0 Å². The van der Waals surface area contributed by atoms with Gasteiger partial charge >= 0.3 is 7.69 Å². The first-order chi connectivity index (χ1) is 21.1. The zero-order chi connectivity index (χ0) is 29.9. The van der Waals surface area contributed by atoms with E-state index in [1.807, 2.05) is 91.0 Å². The van der Waals surface area contributed by atoms with E-state index in [2.05, 4.69) is 114 Å². The Morgan fingerprint density at radius 2 is 0.791 bits per heavy atom. The maximum atomic E-state index is 8.93. The molecule has 43 heavy (non-hydrogen) atoms. The molecule has 7 heteroatoms. The molecule has 0 amide bonds. The van der Waals surface area contributed by atoms with Crippen LogP contribution < -0.4 is 14.5 Å². The SMILES string of the molecule is Brc1ccc(N(c2ccccc2)c2ccccc2)cc1.O[B]Oc1cc(N(c2ccccc2)c2ccccc2)ccc1Br. The Kier molecular flexibility index (Phi) is 10.7. The normalized spacial score (nSPS) is 10.2. The van der Waals surface area contributed by atoms with Crippen LogP contribution in [0.15, 0.2) is 173 Å². The molecule has 1 N–H and O–H groups in total. The van der Waals surface area contributed by atoms with E-state index in [0.29, 0.717) is 13.4 Å². The van der Waals surface area contributed by atoms with E-state index in [4.69, 9.17) is 9.68 Å². The fourth-order valence-corrected chi connectivity index (χ4v) is 5.18. The van der Waals surface area contributed by atoms with Crippen molar-refractivity contribution in [1.29, 1.82) is 0 Å². The molecule has 0 saturated heterocycles. The first-order valence-electron chi connectivity index (χ1n) is 13.6. The maximum absolute atomic E-state index is 8.93. The Hall–Kier alpha value is -4.30. The van der Waals surface area contributed by atoms with Crippen molar-refractivity contribution in [2.45, 2.75) is 0 Å². The Morgan fingerprint density at radius 1 is 0.442 bits per heavy atom. The summed E-state index contributed by atoms with van der Waals surface area (Å²) in [7, 11) is 0.680. The van der Waals surface area contributed by atoms with Gasteiger partial charge in [0.05, 0.1) is 4.47 Å². The van der Waals surface area contributed by atoms with Gasteiger partial charge in [-0.1, -0.05) is 88.7 Å². The Labute approximate surface area is 270 Å². The minimum atomic E-state index is 0.543. The highest BCUT2D eigenvalue weighted by molar-refractivity contribution is 9.10. The average Bonchev–Trinajstić information content (AvgIpc) is 3.06. The van der Waals surface area contributed by atoms with Crippen LogP contribution in [0.1, 0.15) is 0 Å². The Bertz CT molecular complexity index is 1610. The van der Waals surface area contributed by atoms with Gasteiger partial charge in [-0.2, -0.15) is 0 Å². The van der Waals surface area contributed by atoms with Gasteiger partial charge in [0.25, 0.3) is 0 Å². The number of para-hydroxylation sites is 4. The first-order valence-corrected chi connectivity index (χ1v) is 15.2. The van der Waals surface area contributed by atoms with Crippen LogP contribution in [0.3, 0.4) is 0 Å². The molecule has 0 unspecified atom stereocenters. The van der Waals surface area contributed by atoms with E-state index in [1.165, 1.54) is 0 Å². The standard InChI is InChI=1S/C18H14BBrNO2.C18H14BrN/c20-17-12-11-16(13-18(17)23-19-22)21(14-7-3-1-4-8-14)15-9-5-2-6-10-15;19-15-11-13-18(14-12-15)20(16-7-3-1-4-8-16)17-9-5-2-6-10-17/h1-13,22H;1-14H. The van der Waals surface area contributed by atoms with Crippen molar-refractivity contribution in [2.75, 3.05) is 9.80 Å². The van der Waals surface area contributed by atoms with Crippen LogP contribution in [-0.2, 0) is 0 Å². The minimum absolute atomic E-state index is 0.543. The van der Waals surface area contributed by atoms with Crippen molar-refractivity contribution in [3.05, 3.63) is 173 Å². The second kappa shape index (κ2) is 15.3. The molecule has 6 rings (SSSR count). The second-order valence-electron chi connectivity index (χ2n) is 9.33. The predicted octanol–water partition coefficient (Wildman–Crippen LogP) is 10.7. The monoisotopic (exact) mass is 689 g/mol. The fourth-order valence-electron chi connectivity index (χ4n) is 4.57. The summed E-state index contributed by atoms with van der Waals surface area (Å²) < 4.78 is 7.01. The number of hydrogen-bond acceptors (Lipinski definition) is 4. The van der Waals surface area contributed by atoms with Gasteiger partial charge < -0.3 is 19.5 Å². The van der Waals surface area contributed by atoms with Gasteiger partial charge in [-0.3, -0.25) is 0 Å². The van der Waals surface area contributed by atoms with Gasteiger partial charge in [0, 0.05) is 44.7 Å². The zero-order valence-corrected chi connectivity index (χ0v) is 26.3. The molecule has 4 nitrogen and oxygen atoms in total. The summed E-state index contributed by atoms with van der Waals surface area (Å²) >= 11 is 6.91. The van der Waals surface area contributed by atoms with Crippen LogP contribution in [0.25, 0.3) is 0 Å². The van der Waals surface area contributed by atoms with Gasteiger partial charge in [-0.15, -0.1) is 0 Å². The molecule has 211 valence electrons. The third kappa shape index (κ3) is 7.96. The van der Waals surface area contributed by atoms with Gasteiger partial charge in [0.1, 0.15) is 5.75 Å². The molecule has 0 atom stereocenters. The summed E-state index contributed by atoms with van der Waals surface area (Å²) in [5, 5.41) is 8.93. The number of nitrogens with zero attached hydrogens (tertiary/aromatic N) is 2. The molecule has 0 bridgehead atoms. The van der Waals surface area contributed by atoms with Crippen molar-refractivity contribution in [2.24, 2.45) is 0 Å². The molecular formula is C36H28BBr2N2O2. The van der Waals surface area contributed by atoms with Crippen LogP contribution in [0, 0.1) is 0 Å². The number of anilines is 6. The summed E-state index contributed by atoms with van der Waals surface area (Å²) in [5.74, 6) is 0.543. The number of benzene rings is 6. The molecule has 0 aliphatic rings. The minimum Gasteiger partial charge on any atom is -0.537 e. The number of halogens is 2. The Balaban J connectivity index is 0.000000173. The average molecular weight is 691 g/mol. The predicted molar refractivity (Wildman–Crippen MR) is 186 cm³/mol. The molecule has 0 spiro atoms. The summed E-state index contributed by atoms with van der Waals surface area (Å²) in [5.41, 5.74) is 6.47. The van der Waals surface area contributed by atoms with Crippen LogP contribution in [0.5, 0.6) is 5.75 Å². The van der Waals surface area contributed by atoms with Gasteiger partial charge in [-0.05, 0) is 101 Å². The quantitative estimate of drug-likeness (QED) is 0.161. The third-order valence-corrected chi connectivity index (χ3v) is 7.68. The molecule has 0 heterocycles. The summed E-state index contributed by atoms with van der Waals surface area (Å²) in [6, 6.07) is 55.1. The lowest BCUT2D eigenvalue weighted by atomic mass is 10.2. The topological polar surface area (TPSA) is 35.9 Å². The third-order valence-electron chi connectivity index (χ3n) is 6.50. The first kappa shape index (κ1) is 30.2. The fraction of sp³-hybridized carbons (Fsp3) is 0. The lowest BCUT2D eigenvalue weighted by Crippen LogP contribution is -2.10. The summed E-state index contributed by atoms with van der Waals surface area (Å²) in [6.45, 7) is 0. The van der Waals surface area contributed by atoms with Crippen molar-refractivity contribution in [3.8, 4) is 5.75 Å². The van der Waals surface area contributed by atoms with Crippen LogP contribution >= 0.6 is 31.9 Å². The summed E-state index contributed by atoms with van der Waals surface area (Å²) in [6.07, 6.45) is 0. The molecule has 6 aromatic carbocycles. The van der Waals surface area contributed by atoms with E-state index in [1.54, 1.807) is 0 Å². The van der Waals surface area contributed by atoms with E-state index < -0.39 is 0 Å². The molecule has 6 aromatic rings. The largest absolute Gasteiger partial charge is 0.569 e. The zero-order valence-electron chi connectivity index (χ0n) is 23.2. The molecule has 0 aliphatic heterocycles. The van der Waals surface area contributed by atoms with E-state index >= 15 is 0 Å². The highest BCUT2D eigenvalue weighted by Gasteiger charge is 2.14. The lowest BCUT2D eigenvalue weighted by Gasteiger charge is -2.26. The second-order valence-corrected chi connectivity index (χ2v) is 11.1. The van der Waals surface area contributed by atoms with Crippen molar-refractivity contribution < 1.29 is 9.68 Å². The highest BCUT2D eigenvalue weighted by Crippen LogP contribution is 2.38. The number of hydrogen-bond donors (Lipinski definition) is 1. The Morgan fingerprint density at radius 3 is 1.19 bits per heavy atom. The van der Waals surface area contributed by atoms with Crippen LogP contribution in [-0.4, -0.2) is 12.7 Å². The van der Waals surface area contributed by atoms with Crippen molar-refractivity contribution >= 4 is 73.7 Å². The van der Waals surface area contributed by atoms with E-state index in [-0.39, 0.29) is 0 Å². The van der Waals surface area contributed by atoms with Crippen molar-refractivity contribution in [3.63, 3.8) is 0 Å². The maximum Gasteiger partial charge on any atom is 0.569 e. The molecule has 1 radical (unpaired) electrons. The highest BCUT2D eigenvalue weighted by atomic mass is 79.9. The van der Waals surface area contributed by atoms with Crippen molar-refractivity contribution in [1.82, 2.24) is 0 Å². The molecule has 0 saturated carbocycles. The number of rotatable bonds is 8. The van der Waals surface area contributed by atoms with Gasteiger partial charge in [-0.25, -0.2) is 0 Å². The molecular weight excluding hydrogens is 663 g/mol. The van der Waals surface area contributed by atoms with E-state index in [0.717, 1.165) is 43.1 Å². The van der Waals surface area contributed by atoms with Crippen LogP contribution in [0.2, 0.25) is 0 Å². The van der Waals surface area contributed by atoms with Gasteiger partial charge in [0.2, 0.25) is 0 Å². The van der Waals surface area contributed by atoms with Crippen LogP contribution in [0.4, 0.5) is 34.1 Å². The summed E-state index contributed by atoms with van der Waals surface area (Å²) in [4.78, 5) is 4.36. The molecule has 0 fully saturated rings. The smallest absolute Gasteiger partial charge is 0.537 e. The van der Waals surface area contributed by atoms with E-state index in [9.17, 15) is 0 Å². The lowest BCUT2D eigenvalue weighted by molar-refractivity contribution is 0.452. The molecule has 0 aliphatic carbocycles.